The molecule has 1 saturated carbocycles. The first-order valence-corrected chi connectivity index (χ1v) is 10.4. The third kappa shape index (κ3) is 3.59. The summed E-state index contributed by atoms with van der Waals surface area (Å²) in [6, 6.07) is 19.6. The van der Waals surface area contributed by atoms with Crippen molar-refractivity contribution in [3.05, 3.63) is 89.7 Å². The summed E-state index contributed by atoms with van der Waals surface area (Å²) < 4.78 is 0. The SMILES string of the molecule is O=C(Nc1ccc2c(c1)N(C(=O)c1cccnc1)CCC2)C1CC1c1ccccc1. The molecule has 3 aromatic rings. The molecule has 5 heteroatoms. The van der Waals surface area contributed by atoms with Crippen molar-refractivity contribution in [2.75, 3.05) is 16.8 Å². The van der Waals surface area contributed by atoms with Crippen LogP contribution in [-0.2, 0) is 11.2 Å². The normalized spacial score (nSPS) is 19.7. The highest BCUT2D eigenvalue weighted by Gasteiger charge is 2.43. The van der Waals surface area contributed by atoms with Gasteiger partial charge < -0.3 is 10.2 Å². The number of fused-ring (bicyclic) bond motifs is 1. The summed E-state index contributed by atoms with van der Waals surface area (Å²) in [4.78, 5) is 31.6. The standard InChI is InChI=1S/C25H23N3O2/c29-24(22-15-21(22)17-6-2-1-3-7-17)27-20-11-10-18-9-5-13-28(23(18)14-20)25(30)19-8-4-12-26-16-19/h1-4,6-8,10-12,14,16,21-22H,5,9,13,15H2,(H,27,29). The lowest BCUT2D eigenvalue weighted by Gasteiger charge is -2.30. The van der Waals surface area contributed by atoms with Crippen molar-refractivity contribution in [2.45, 2.75) is 25.2 Å². The van der Waals surface area contributed by atoms with Crippen LogP contribution in [0.5, 0.6) is 0 Å². The number of pyridine rings is 1. The number of aromatic nitrogens is 1. The van der Waals surface area contributed by atoms with Crippen LogP contribution in [0.1, 0.15) is 40.2 Å². The van der Waals surface area contributed by atoms with Crippen LogP contribution >= 0.6 is 0 Å². The minimum Gasteiger partial charge on any atom is -0.326 e. The maximum absolute atomic E-state index is 13.0. The van der Waals surface area contributed by atoms with Crippen LogP contribution in [0, 0.1) is 5.92 Å². The van der Waals surface area contributed by atoms with Gasteiger partial charge in [0.05, 0.1) is 5.56 Å². The van der Waals surface area contributed by atoms with Gasteiger partial charge in [0.2, 0.25) is 5.91 Å². The Morgan fingerprint density at radius 1 is 1.03 bits per heavy atom. The van der Waals surface area contributed by atoms with Crippen LogP contribution in [0.3, 0.4) is 0 Å². The molecule has 1 aromatic heterocycles. The first-order valence-electron chi connectivity index (χ1n) is 10.4. The number of aryl methyl sites for hydroxylation is 1. The molecule has 2 aliphatic rings. The Morgan fingerprint density at radius 2 is 1.90 bits per heavy atom. The molecule has 2 amide bonds. The molecule has 1 aliphatic heterocycles. The zero-order chi connectivity index (χ0) is 20.5. The van der Waals surface area contributed by atoms with Crippen LogP contribution in [0.25, 0.3) is 0 Å². The minimum atomic E-state index is -0.0566. The highest BCUT2D eigenvalue weighted by molar-refractivity contribution is 6.07. The summed E-state index contributed by atoms with van der Waals surface area (Å²) in [5.74, 6) is 0.299. The van der Waals surface area contributed by atoms with Gasteiger partial charge in [0.15, 0.2) is 0 Å². The van der Waals surface area contributed by atoms with Crippen LogP contribution in [-0.4, -0.2) is 23.3 Å². The lowest BCUT2D eigenvalue weighted by atomic mass is 10.00. The number of hydrogen-bond acceptors (Lipinski definition) is 3. The fourth-order valence-corrected chi connectivity index (χ4v) is 4.30. The van der Waals surface area contributed by atoms with Gasteiger partial charge in [-0.05, 0) is 60.6 Å². The maximum Gasteiger partial charge on any atom is 0.259 e. The van der Waals surface area contributed by atoms with Gasteiger partial charge in [-0.2, -0.15) is 0 Å². The number of nitrogens with one attached hydrogen (secondary N) is 1. The number of carbonyl (C=O) groups is 2. The topological polar surface area (TPSA) is 62.3 Å². The molecule has 5 rings (SSSR count). The van der Waals surface area contributed by atoms with Crippen molar-refractivity contribution in [3.63, 3.8) is 0 Å². The van der Waals surface area contributed by atoms with E-state index >= 15 is 0 Å². The summed E-state index contributed by atoms with van der Waals surface area (Å²) >= 11 is 0. The number of benzene rings is 2. The van der Waals surface area contributed by atoms with Crippen LogP contribution < -0.4 is 10.2 Å². The van der Waals surface area contributed by atoms with E-state index in [1.54, 1.807) is 29.4 Å². The summed E-state index contributed by atoms with van der Waals surface area (Å²) in [5.41, 5.74) is 4.54. The van der Waals surface area contributed by atoms with Gasteiger partial charge in [0.25, 0.3) is 5.91 Å². The third-order valence-electron chi connectivity index (χ3n) is 5.98. The molecule has 1 aliphatic carbocycles. The smallest absolute Gasteiger partial charge is 0.259 e. The van der Waals surface area contributed by atoms with E-state index in [0.717, 1.165) is 36.2 Å². The van der Waals surface area contributed by atoms with Crippen molar-refractivity contribution in [1.29, 1.82) is 0 Å². The van der Waals surface area contributed by atoms with E-state index < -0.39 is 0 Å². The van der Waals surface area contributed by atoms with E-state index in [1.165, 1.54) is 5.56 Å². The Morgan fingerprint density at radius 3 is 2.70 bits per heavy atom. The molecular weight excluding hydrogens is 374 g/mol. The lowest BCUT2D eigenvalue weighted by molar-refractivity contribution is -0.117. The quantitative estimate of drug-likeness (QED) is 0.709. The number of nitrogens with zero attached hydrogens (tertiary/aromatic N) is 2. The van der Waals surface area contributed by atoms with Crippen molar-refractivity contribution < 1.29 is 9.59 Å². The van der Waals surface area contributed by atoms with Crippen molar-refractivity contribution >= 4 is 23.2 Å². The molecule has 1 N–H and O–H groups in total. The monoisotopic (exact) mass is 397 g/mol. The summed E-state index contributed by atoms with van der Waals surface area (Å²) in [7, 11) is 0. The van der Waals surface area contributed by atoms with Gasteiger partial charge in [-0.25, -0.2) is 0 Å². The van der Waals surface area contributed by atoms with Gasteiger partial charge in [0.1, 0.15) is 0 Å². The fraction of sp³-hybridized carbons (Fsp3) is 0.240. The van der Waals surface area contributed by atoms with Crippen molar-refractivity contribution in [1.82, 2.24) is 4.98 Å². The van der Waals surface area contributed by atoms with E-state index in [9.17, 15) is 9.59 Å². The zero-order valence-corrected chi connectivity index (χ0v) is 16.6. The Labute approximate surface area is 175 Å². The molecular formula is C25H23N3O2. The predicted molar refractivity (Wildman–Crippen MR) is 117 cm³/mol. The molecule has 2 atom stereocenters. The van der Waals surface area contributed by atoms with Crippen LogP contribution in [0.2, 0.25) is 0 Å². The third-order valence-corrected chi connectivity index (χ3v) is 5.98. The number of amides is 2. The molecule has 2 heterocycles. The zero-order valence-electron chi connectivity index (χ0n) is 16.6. The Balaban J connectivity index is 1.33. The van der Waals surface area contributed by atoms with Gasteiger partial charge in [-0.1, -0.05) is 36.4 Å². The van der Waals surface area contributed by atoms with E-state index in [1.807, 2.05) is 36.4 Å². The minimum absolute atomic E-state index is 0.0107. The molecule has 0 spiro atoms. The molecule has 150 valence electrons. The Bertz CT molecular complexity index is 1080. The molecule has 5 nitrogen and oxygen atoms in total. The van der Waals surface area contributed by atoms with Gasteiger partial charge in [-0.15, -0.1) is 0 Å². The highest BCUT2D eigenvalue weighted by atomic mass is 16.2. The molecule has 2 aromatic carbocycles. The van der Waals surface area contributed by atoms with Gasteiger partial charge >= 0.3 is 0 Å². The summed E-state index contributed by atoms with van der Waals surface area (Å²) in [5, 5.41) is 3.06. The first kappa shape index (κ1) is 18.6. The largest absolute Gasteiger partial charge is 0.326 e. The average molecular weight is 397 g/mol. The van der Waals surface area contributed by atoms with Gasteiger partial charge in [-0.3, -0.25) is 14.6 Å². The maximum atomic E-state index is 13.0. The number of rotatable bonds is 4. The van der Waals surface area contributed by atoms with E-state index in [0.29, 0.717) is 18.0 Å². The fourth-order valence-electron chi connectivity index (χ4n) is 4.30. The van der Waals surface area contributed by atoms with E-state index in [4.69, 9.17) is 0 Å². The molecule has 0 saturated heterocycles. The summed E-state index contributed by atoms with van der Waals surface area (Å²) in [6.07, 6.45) is 5.99. The predicted octanol–water partition coefficient (Wildman–Crippen LogP) is 4.42. The molecule has 2 unspecified atom stereocenters. The number of carbonyl (C=O) groups excluding carboxylic acids is 2. The second kappa shape index (κ2) is 7.75. The number of anilines is 2. The Kier molecular flexibility index (Phi) is 4.79. The molecule has 0 radical (unpaired) electrons. The highest BCUT2D eigenvalue weighted by Crippen LogP contribution is 2.48. The Hall–Kier alpha value is -3.47. The van der Waals surface area contributed by atoms with Crippen LogP contribution in [0.15, 0.2) is 73.1 Å². The van der Waals surface area contributed by atoms with Gasteiger partial charge in [0, 0.05) is 36.2 Å². The average Bonchev–Trinajstić information content (AvgIpc) is 3.61. The molecule has 30 heavy (non-hydrogen) atoms. The first-order chi connectivity index (χ1) is 14.7. The second-order valence-corrected chi connectivity index (χ2v) is 7.99. The van der Waals surface area contributed by atoms with E-state index in [-0.39, 0.29) is 17.7 Å². The molecule has 0 bridgehead atoms. The molecule has 1 fully saturated rings. The second-order valence-electron chi connectivity index (χ2n) is 7.99. The van der Waals surface area contributed by atoms with Crippen molar-refractivity contribution in [3.8, 4) is 0 Å². The van der Waals surface area contributed by atoms with Crippen LogP contribution in [0.4, 0.5) is 11.4 Å². The lowest BCUT2D eigenvalue weighted by Crippen LogP contribution is -2.35. The van der Waals surface area contributed by atoms with E-state index in [2.05, 4.69) is 22.4 Å². The van der Waals surface area contributed by atoms with Crippen molar-refractivity contribution in [2.24, 2.45) is 5.92 Å². The summed E-state index contributed by atoms with van der Waals surface area (Å²) in [6.45, 7) is 0.664. The number of hydrogen-bond donors (Lipinski definition) is 1.